The third-order valence-corrected chi connectivity index (χ3v) is 6.06. The van der Waals surface area contributed by atoms with Crippen molar-refractivity contribution in [3.63, 3.8) is 0 Å². The number of ketones is 1. The summed E-state index contributed by atoms with van der Waals surface area (Å²) in [6, 6.07) is 25.7. The largest absolute Gasteiger partial charge is 0.465 e. The van der Waals surface area contributed by atoms with Crippen molar-refractivity contribution >= 4 is 29.0 Å². The Morgan fingerprint density at radius 3 is 2.19 bits per heavy atom. The molecule has 2 aliphatic heterocycles. The number of benzene rings is 3. The molecule has 1 fully saturated rings. The van der Waals surface area contributed by atoms with E-state index in [0.717, 1.165) is 5.69 Å². The van der Waals surface area contributed by atoms with E-state index < -0.39 is 28.7 Å². The second-order valence-corrected chi connectivity index (χ2v) is 7.52. The first-order chi connectivity index (χ1) is 15.1. The van der Waals surface area contributed by atoms with E-state index in [4.69, 9.17) is 4.74 Å². The third kappa shape index (κ3) is 2.24. The molecule has 2 atom stereocenters. The van der Waals surface area contributed by atoms with Crippen LogP contribution in [0.2, 0.25) is 0 Å². The molecule has 0 spiro atoms. The highest BCUT2D eigenvalue weighted by Gasteiger charge is 2.78. The number of nitrogens with zero attached hydrogens (tertiary/aromatic N) is 1. The molecule has 1 N–H and O–H groups in total. The second-order valence-electron chi connectivity index (χ2n) is 7.52. The molecule has 3 aromatic carbocycles. The van der Waals surface area contributed by atoms with Crippen molar-refractivity contribution in [2.24, 2.45) is 0 Å². The fraction of sp³-hybridized carbons (Fsp3) is 0.160. The topological polar surface area (TPSA) is 75.7 Å². The smallest absolute Gasteiger partial charge is 0.329 e. The van der Waals surface area contributed by atoms with Crippen molar-refractivity contribution in [2.45, 2.75) is 18.0 Å². The zero-order valence-corrected chi connectivity index (χ0v) is 16.9. The number of hydrogen-bond donors (Lipinski definition) is 1. The van der Waals surface area contributed by atoms with Gasteiger partial charge in [0.2, 0.25) is 11.2 Å². The maximum Gasteiger partial charge on any atom is 0.329 e. The monoisotopic (exact) mass is 412 g/mol. The molecule has 154 valence electrons. The van der Waals surface area contributed by atoms with Gasteiger partial charge in [-0.15, -0.1) is 0 Å². The number of hydrogen-bond acceptors (Lipinski definition) is 5. The number of amides is 1. The lowest BCUT2D eigenvalue weighted by Gasteiger charge is -2.43. The fourth-order valence-corrected chi connectivity index (χ4v) is 4.95. The molecule has 0 saturated carbocycles. The van der Waals surface area contributed by atoms with Crippen molar-refractivity contribution in [3.05, 3.63) is 96.1 Å². The first kappa shape index (κ1) is 19.1. The number of rotatable bonds is 4. The highest BCUT2D eigenvalue weighted by Crippen LogP contribution is 2.61. The summed E-state index contributed by atoms with van der Waals surface area (Å²) in [5.41, 5.74) is -0.918. The number of para-hydroxylation sites is 2. The van der Waals surface area contributed by atoms with Crippen LogP contribution in [0.15, 0.2) is 84.9 Å². The molecule has 3 aromatic rings. The summed E-state index contributed by atoms with van der Waals surface area (Å²) < 4.78 is 5.46. The van der Waals surface area contributed by atoms with E-state index in [9.17, 15) is 14.4 Å². The van der Waals surface area contributed by atoms with E-state index in [1.807, 2.05) is 77.7 Å². The lowest BCUT2D eigenvalue weighted by atomic mass is 9.69. The molecular formula is C25H20N2O4. The van der Waals surface area contributed by atoms with E-state index in [2.05, 4.69) is 5.32 Å². The molecule has 2 aliphatic rings. The summed E-state index contributed by atoms with van der Waals surface area (Å²) in [5.74, 6) is -2.37. The molecule has 6 heteroatoms. The molecule has 2 unspecified atom stereocenters. The van der Waals surface area contributed by atoms with Gasteiger partial charge < -0.3 is 15.0 Å². The summed E-state index contributed by atoms with van der Waals surface area (Å²) >= 11 is 0. The summed E-state index contributed by atoms with van der Waals surface area (Å²) in [4.78, 5) is 42.1. The van der Waals surface area contributed by atoms with Crippen LogP contribution in [0.25, 0.3) is 0 Å². The normalized spacial score (nSPS) is 23.8. The van der Waals surface area contributed by atoms with Gasteiger partial charge in [0.1, 0.15) is 0 Å². The van der Waals surface area contributed by atoms with Gasteiger partial charge in [-0.1, -0.05) is 66.7 Å². The lowest BCUT2D eigenvalue weighted by Crippen LogP contribution is -2.62. The average molecular weight is 412 g/mol. The first-order valence-electron chi connectivity index (χ1n) is 10.1. The van der Waals surface area contributed by atoms with Crippen molar-refractivity contribution < 1.29 is 19.1 Å². The van der Waals surface area contributed by atoms with Gasteiger partial charge in [0.25, 0.3) is 5.91 Å². The number of ether oxygens (including phenoxy) is 1. The Hall–Kier alpha value is -3.93. The lowest BCUT2D eigenvalue weighted by molar-refractivity contribution is -0.156. The molecule has 0 aromatic heterocycles. The summed E-state index contributed by atoms with van der Waals surface area (Å²) in [5, 5.41) is 2.91. The molecule has 1 amide bonds. The summed E-state index contributed by atoms with van der Waals surface area (Å²) in [6.07, 6.45) is 0. The Morgan fingerprint density at radius 1 is 0.903 bits per heavy atom. The van der Waals surface area contributed by atoms with Crippen LogP contribution in [-0.2, 0) is 30.2 Å². The van der Waals surface area contributed by atoms with Gasteiger partial charge in [-0.2, -0.15) is 0 Å². The van der Waals surface area contributed by atoms with Crippen LogP contribution in [0, 0.1) is 0 Å². The number of esters is 1. The minimum atomic E-state index is -1.88. The number of anilines is 2. The van der Waals surface area contributed by atoms with E-state index >= 15 is 0 Å². The highest BCUT2D eigenvalue weighted by molar-refractivity contribution is 6.48. The minimum absolute atomic E-state index is 0.0838. The highest BCUT2D eigenvalue weighted by atomic mass is 16.5. The zero-order valence-electron chi connectivity index (χ0n) is 16.9. The van der Waals surface area contributed by atoms with E-state index in [-0.39, 0.29) is 6.61 Å². The summed E-state index contributed by atoms with van der Waals surface area (Å²) in [6.45, 7) is 1.77. The van der Waals surface area contributed by atoms with Gasteiger partial charge in [0, 0.05) is 22.5 Å². The Bertz CT molecular complexity index is 1190. The molecule has 1 saturated heterocycles. The van der Waals surface area contributed by atoms with Gasteiger partial charge in [-0.05, 0) is 25.1 Å². The van der Waals surface area contributed by atoms with Crippen LogP contribution in [0.3, 0.4) is 0 Å². The van der Waals surface area contributed by atoms with Crippen molar-refractivity contribution in [1.29, 1.82) is 0 Å². The fourth-order valence-electron chi connectivity index (χ4n) is 4.95. The number of nitrogens with one attached hydrogen (secondary N) is 1. The summed E-state index contributed by atoms with van der Waals surface area (Å²) in [7, 11) is 0. The van der Waals surface area contributed by atoms with Crippen molar-refractivity contribution in [1.82, 2.24) is 5.32 Å². The van der Waals surface area contributed by atoms with Crippen LogP contribution in [0.4, 0.5) is 11.4 Å². The average Bonchev–Trinajstić information content (AvgIpc) is 3.20. The molecule has 5 rings (SSSR count). The van der Waals surface area contributed by atoms with Gasteiger partial charge in [-0.25, -0.2) is 0 Å². The number of Topliss-reactive ketones (excluding diaryl/α,β-unsaturated/α-hetero) is 1. The number of carbonyl (C=O) groups excluding carboxylic acids is 3. The number of carbonyl (C=O) groups is 3. The number of fused-ring (bicyclic) bond motifs is 3. The molecule has 0 bridgehead atoms. The van der Waals surface area contributed by atoms with E-state index in [0.29, 0.717) is 16.8 Å². The maximum atomic E-state index is 13.7. The predicted molar refractivity (Wildman–Crippen MR) is 115 cm³/mol. The Balaban J connectivity index is 1.95. The van der Waals surface area contributed by atoms with Crippen LogP contribution >= 0.6 is 0 Å². The standard InChI is InChI=1S/C25H20N2O4/c1-2-31-23(30)24-19-15-9-10-16-20(19)27(18-13-7-4-8-14-18)25(24,26-22(29)21(24)28)17-11-5-3-6-12-17/h3-16H,2H2,1H3,(H,26,29). The molecular weight excluding hydrogens is 392 g/mol. The Morgan fingerprint density at radius 2 is 1.52 bits per heavy atom. The molecule has 0 radical (unpaired) electrons. The van der Waals surface area contributed by atoms with Gasteiger partial charge in [0.15, 0.2) is 5.66 Å². The van der Waals surface area contributed by atoms with Gasteiger partial charge in [-0.3, -0.25) is 14.4 Å². The van der Waals surface area contributed by atoms with E-state index in [1.54, 1.807) is 19.1 Å². The van der Waals surface area contributed by atoms with Crippen LogP contribution < -0.4 is 10.2 Å². The second kappa shape index (κ2) is 6.80. The predicted octanol–water partition coefficient (Wildman–Crippen LogP) is 3.19. The quantitative estimate of drug-likeness (QED) is 0.405. The van der Waals surface area contributed by atoms with Crippen LogP contribution in [0.5, 0.6) is 0 Å². The zero-order chi connectivity index (χ0) is 21.6. The van der Waals surface area contributed by atoms with Gasteiger partial charge in [0.05, 0.1) is 6.61 Å². The SMILES string of the molecule is CCOC(=O)C12C(=O)C(=O)NC1(c1ccccc1)N(c1ccccc1)c1ccccc12. The van der Waals surface area contributed by atoms with E-state index in [1.165, 1.54) is 0 Å². The van der Waals surface area contributed by atoms with Crippen LogP contribution in [-0.4, -0.2) is 24.3 Å². The minimum Gasteiger partial charge on any atom is -0.465 e. The molecule has 31 heavy (non-hydrogen) atoms. The van der Waals surface area contributed by atoms with Crippen molar-refractivity contribution in [3.8, 4) is 0 Å². The Labute approximate surface area is 179 Å². The molecule has 2 heterocycles. The molecule has 6 nitrogen and oxygen atoms in total. The van der Waals surface area contributed by atoms with Crippen LogP contribution in [0.1, 0.15) is 18.1 Å². The first-order valence-corrected chi connectivity index (χ1v) is 10.1. The third-order valence-electron chi connectivity index (χ3n) is 6.06. The molecule has 0 aliphatic carbocycles. The van der Waals surface area contributed by atoms with Gasteiger partial charge >= 0.3 is 5.97 Å². The van der Waals surface area contributed by atoms with Crippen molar-refractivity contribution in [2.75, 3.05) is 11.5 Å². The maximum absolute atomic E-state index is 13.7. The Kier molecular flexibility index (Phi) is 4.18.